The lowest BCUT2D eigenvalue weighted by atomic mass is 9.85. The van der Waals surface area contributed by atoms with Crippen molar-refractivity contribution < 1.29 is 9.18 Å². The molecule has 5 aromatic rings. The van der Waals surface area contributed by atoms with Gasteiger partial charge in [0.25, 0.3) is 0 Å². The van der Waals surface area contributed by atoms with E-state index in [1.165, 1.54) is 6.33 Å². The zero-order valence-electron chi connectivity index (χ0n) is 20.4. The van der Waals surface area contributed by atoms with Crippen LogP contribution in [0.1, 0.15) is 31.7 Å². The number of benzene rings is 2. The molecule has 3 heterocycles. The van der Waals surface area contributed by atoms with Crippen molar-refractivity contribution in [2.75, 3.05) is 12.8 Å². The van der Waals surface area contributed by atoms with Crippen molar-refractivity contribution in [3.8, 4) is 22.5 Å². The highest BCUT2D eigenvalue weighted by Gasteiger charge is 2.30. The van der Waals surface area contributed by atoms with Gasteiger partial charge in [-0.15, -0.1) is 0 Å². The van der Waals surface area contributed by atoms with E-state index in [4.69, 9.17) is 10.8 Å². The highest BCUT2D eigenvalue weighted by Crippen LogP contribution is 2.39. The molecule has 0 spiro atoms. The minimum Gasteiger partial charge on any atom is -0.383 e. The van der Waals surface area contributed by atoms with Crippen LogP contribution in [-0.2, 0) is 4.79 Å². The number of anilines is 1. The molecule has 1 aliphatic carbocycles. The van der Waals surface area contributed by atoms with Gasteiger partial charge >= 0.3 is 0 Å². The predicted molar refractivity (Wildman–Crippen MR) is 141 cm³/mol. The van der Waals surface area contributed by atoms with Gasteiger partial charge in [0, 0.05) is 29.5 Å². The summed E-state index contributed by atoms with van der Waals surface area (Å²) < 4.78 is 17.9. The quantitative estimate of drug-likeness (QED) is 0.367. The number of fused-ring (bicyclic) bond motifs is 2. The molecule has 37 heavy (non-hydrogen) atoms. The second-order valence-electron chi connectivity index (χ2n) is 9.43. The molecule has 1 fully saturated rings. The standard InChI is InChI=1S/C28H26FN7O/c1-31-28(37)18-7-11-19(12-8-18)36-27-22(26(30)32-15-33-27)25(35-36)20-13-9-17-10-14-21(34-24(17)23(20)29)16-5-3-2-4-6-16/h2-6,9-10,13-15,18-19H,7-8,11-12H2,1H3,(H,31,37)(H2,30,32,33). The highest BCUT2D eigenvalue weighted by atomic mass is 19.1. The lowest BCUT2D eigenvalue weighted by Gasteiger charge is -2.27. The van der Waals surface area contributed by atoms with E-state index in [2.05, 4.69) is 20.3 Å². The van der Waals surface area contributed by atoms with E-state index in [0.717, 1.165) is 31.2 Å². The molecule has 2 aromatic carbocycles. The first-order chi connectivity index (χ1) is 18.0. The number of hydrogen-bond donors (Lipinski definition) is 2. The Hall–Kier alpha value is -4.40. The summed E-state index contributed by atoms with van der Waals surface area (Å²) in [7, 11) is 1.66. The summed E-state index contributed by atoms with van der Waals surface area (Å²) in [6.45, 7) is 0. The summed E-state index contributed by atoms with van der Waals surface area (Å²) in [5, 5.41) is 8.81. The number of rotatable bonds is 4. The van der Waals surface area contributed by atoms with Crippen molar-refractivity contribution in [1.29, 1.82) is 0 Å². The normalized spacial score (nSPS) is 17.8. The Morgan fingerprint density at radius 2 is 1.78 bits per heavy atom. The number of aromatic nitrogens is 5. The summed E-state index contributed by atoms with van der Waals surface area (Å²) in [6.07, 6.45) is 4.43. The van der Waals surface area contributed by atoms with Crippen LogP contribution in [0.3, 0.4) is 0 Å². The molecule has 186 valence electrons. The maximum atomic E-state index is 16.1. The van der Waals surface area contributed by atoms with Crippen molar-refractivity contribution >= 4 is 33.7 Å². The number of pyridine rings is 1. The zero-order valence-corrected chi connectivity index (χ0v) is 20.4. The van der Waals surface area contributed by atoms with Gasteiger partial charge < -0.3 is 11.1 Å². The topological polar surface area (TPSA) is 112 Å². The van der Waals surface area contributed by atoms with Gasteiger partial charge in [-0.05, 0) is 37.8 Å². The Balaban J connectivity index is 1.46. The van der Waals surface area contributed by atoms with Crippen LogP contribution in [0, 0.1) is 11.7 Å². The van der Waals surface area contributed by atoms with Crippen molar-refractivity contribution in [2.24, 2.45) is 5.92 Å². The molecule has 0 aliphatic heterocycles. The molecular weight excluding hydrogens is 469 g/mol. The Morgan fingerprint density at radius 3 is 2.54 bits per heavy atom. The lowest BCUT2D eigenvalue weighted by molar-refractivity contribution is -0.125. The molecule has 1 aliphatic rings. The Labute approximate surface area is 212 Å². The fourth-order valence-electron chi connectivity index (χ4n) is 5.33. The van der Waals surface area contributed by atoms with E-state index < -0.39 is 5.82 Å². The third-order valence-electron chi connectivity index (χ3n) is 7.30. The van der Waals surface area contributed by atoms with Gasteiger partial charge in [0.05, 0.1) is 17.1 Å². The largest absolute Gasteiger partial charge is 0.383 e. The summed E-state index contributed by atoms with van der Waals surface area (Å²) in [5.74, 6) is -0.161. The summed E-state index contributed by atoms with van der Waals surface area (Å²) in [4.78, 5) is 25.4. The van der Waals surface area contributed by atoms with E-state index in [-0.39, 0.29) is 29.2 Å². The molecule has 3 N–H and O–H groups in total. The number of nitrogen functional groups attached to an aromatic ring is 1. The number of carbonyl (C=O) groups excluding carboxylic acids is 1. The summed E-state index contributed by atoms with van der Waals surface area (Å²) in [5.41, 5.74) is 9.41. The number of nitrogens with two attached hydrogens (primary N) is 1. The number of nitrogens with one attached hydrogen (secondary N) is 1. The van der Waals surface area contributed by atoms with Gasteiger partial charge in [-0.1, -0.05) is 42.5 Å². The van der Waals surface area contributed by atoms with Gasteiger partial charge in [0.2, 0.25) is 5.91 Å². The molecule has 0 atom stereocenters. The molecule has 0 radical (unpaired) electrons. The van der Waals surface area contributed by atoms with Crippen LogP contribution in [0.2, 0.25) is 0 Å². The molecule has 0 bridgehead atoms. The fourth-order valence-corrected chi connectivity index (χ4v) is 5.33. The molecule has 1 amide bonds. The van der Waals surface area contributed by atoms with E-state index in [9.17, 15) is 4.79 Å². The number of amides is 1. The molecule has 8 nitrogen and oxygen atoms in total. The van der Waals surface area contributed by atoms with Crippen molar-refractivity contribution in [3.05, 3.63) is 66.7 Å². The lowest BCUT2D eigenvalue weighted by Crippen LogP contribution is -2.31. The van der Waals surface area contributed by atoms with Crippen LogP contribution in [0.4, 0.5) is 10.2 Å². The van der Waals surface area contributed by atoms with E-state index in [1.807, 2.05) is 53.2 Å². The molecule has 9 heteroatoms. The van der Waals surface area contributed by atoms with Crippen LogP contribution < -0.4 is 11.1 Å². The third-order valence-corrected chi connectivity index (χ3v) is 7.30. The first-order valence-corrected chi connectivity index (χ1v) is 12.4. The van der Waals surface area contributed by atoms with Gasteiger partial charge in [-0.25, -0.2) is 24.0 Å². The third kappa shape index (κ3) is 3.96. The number of nitrogens with zero attached hydrogens (tertiary/aromatic N) is 5. The Kier molecular flexibility index (Phi) is 5.75. The maximum absolute atomic E-state index is 16.1. The highest BCUT2D eigenvalue weighted by molar-refractivity contribution is 6.00. The monoisotopic (exact) mass is 495 g/mol. The predicted octanol–water partition coefficient (Wildman–Crippen LogP) is 4.91. The van der Waals surface area contributed by atoms with Crippen LogP contribution in [0.25, 0.3) is 44.5 Å². The second kappa shape index (κ2) is 9.24. The molecule has 0 saturated heterocycles. The average Bonchev–Trinajstić information content (AvgIpc) is 3.34. The first kappa shape index (κ1) is 23.0. The van der Waals surface area contributed by atoms with Crippen LogP contribution >= 0.6 is 0 Å². The molecule has 0 unspecified atom stereocenters. The first-order valence-electron chi connectivity index (χ1n) is 12.4. The number of carbonyl (C=O) groups is 1. The van der Waals surface area contributed by atoms with Gasteiger partial charge in [0.15, 0.2) is 11.5 Å². The van der Waals surface area contributed by atoms with Crippen LogP contribution in [0.5, 0.6) is 0 Å². The number of hydrogen-bond acceptors (Lipinski definition) is 6. The van der Waals surface area contributed by atoms with Crippen LogP contribution in [-0.4, -0.2) is 37.7 Å². The van der Waals surface area contributed by atoms with Gasteiger partial charge in [-0.2, -0.15) is 5.10 Å². The second-order valence-corrected chi connectivity index (χ2v) is 9.43. The molecule has 6 rings (SSSR count). The summed E-state index contributed by atoms with van der Waals surface area (Å²) >= 11 is 0. The maximum Gasteiger partial charge on any atom is 0.222 e. The van der Waals surface area contributed by atoms with E-state index in [0.29, 0.717) is 33.4 Å². The number of halogens is 1. The van der Waals surface area contributed by atoms with Gasteiger partial charge in [0.1, 0.15) is 23.4 Å². The van der Waals surface area contributed by atoms with E-state index >= 15 is 4.39 Å². The molecule has 1 saturated carbocycles. The van der Waals surface area contributed by atoms with E-state index in [1.54, 1.807) is 13.1 Å². The van der Waals surface area contributed by atoms with Crippen molar-refractivity contribution in [2.45, 2.75) is 31.7 Å². The Bertz CT molecular complexity index is 1620. The fraction of sp³-hybridized carbons (Fsp3) is 0.250. The van der Waals surface area contributed by atoms with Gasteiger partial charge in [-0.3, -0.25) is 4.79 Å². The van der Waals surface area contributed by atoms with Crippen molar-refractivity contribution in [3.63, 3.8) is 0 Å². The van der Waals surface area contributed by atoms with Crippen molar-refractivity contribution in [1.82, 2.24) is 30.0 Å². The summed E-state index contributed by atoms with van der Waals surface area (Å²) in [6, 6.07) is 17.0. The van der Waals surface area contributed by atoms with Crippen LogP contribution in [0.15, 0.2) is 60.9 Å². The smallest absolute Gasteiger partial charge is 0.222 e. The Morgan fingerprint density at radius 1 is 1.03 bits per heavy atom. The zero-order chi connectivity index (χ0) is 25.5. The molecular formula is C28H26FN7O. The average molecular weight is 496 g/mol. The minimum atomic E-state index is -0.464. The molecule has 3 aromatic heterocycles. The minimum absolute atomic E-state index is 0.00920. The SMILES string of the molecule is CNC(=O)C1CCC(n2nc(-c3ccc4ccc(-c5ccccc5)nc4c3F)c3c(N)ncnc32)CC1.